The van der Waals surface area contributed by atoms with Gasteiger partial charge < -0.3 is 5.32 Å². The van der Waals surface area contributed by atoms with Crippen LogP contribution in [0, 0.1) is 5.92 Å². The average molecular weight is 296 g/mol. The lowest BCUT2D eigenvalue weighted by atomic mass is 9.99. The minimum Gasteiger partial charge on any atom is -0.349 e. The van der Waals surface area contributed by atoms with E-state index in [4.69, 9.17) is 0 Å². The third-order valence-electron chi connectivity index (χ3n) is 3.57. The minimum atomic E-state index is 0.0388. The van der Waals surface area contributed by atoms with Gasteiger partial charge in [-0.2, -0.15) is 0 Å². The topological polar surface area (TPSA) is 29.1 Å². The van der Waals surface area contributed by atoms with Crippen molar-refractivity contribution in [1.29, 1.82) is 0 Å². The molecule has 1 fully saturated rings. The summed E-state index contributed by atoms with van der Waals surface area (Å²) in [7, 11) is 0. The normalized spacial score (nSPS) is 18.0. The molecule has 0 heterocycles. The Balaban J connectivity index is 1.94. The lowest BCUT2D eigenvalue weighted by Crippen LogP contribution is -2.37. The van der Waals surface area contributed by atoms with Crippen LogP contribution in [0.5, 0.6) is 0 Å². The van der Waals surface area contributed by atoms with Gasteiger partial charge in [0.25, 0.3) is 5.91 Å². The van der Waals surface area contributed by atoms with Crippen molar-refractivity contribution in [3.05, 3.63) is 34.3 Å². The molecule has 0 aliphatic heterocycles. The Morgan fingerprint density at radius 2 is 1.88 bits per heavy atom. The van der Waals surface area contributed by atoms with Crippen molar-refractivity contribution < 1.29 is 4.79 Å². The van der Waals surface area contributed by atoms with Crippen molar-refractivity contribution in [2.24, 2.45) is 5.92 Å². The van der Waals surface area contributed by atoms with Crippen LogP contribution in [0.2, 0.25) is 0 Å². The highest BCUT2D eigenvalue weighted by molar-refractivity contribution is 9.10. The van der Waals surface area contributed by atoms with Crippen molar-refractivity contribution in [3.8, 4) is 0 Å². The van der Waals surface area contributed by atoms with Crippen molar-refractivity contribution in [2.45, 2.75) is 38.6 Å². The van der Waals surface area contributed by atoms with Crippen LogP contribution in [-0.4, -0.2) is 11.9 Å². The molecule has 1 aromatic rings. The lowest BCUT2D eigenvalue weighted by Gasteiger charge is -2.20. The molecule has 92 valence electrons. The van der Waals surface area contributed by atoms with E-state index < -0.39 is 0 Å². The zero-order valence-corrected chi connectivity index (χ0v) is 11.7. The Hall–Kier alpha value is -0.830. The van der Waals surface area contributed by atoms with E-state index in [1.165, 1.54) is 25.7 Å². The summed E-state index contributed by atoms with van der Waals surface area (Å²) in [5, 5.41) is 3.10. The Kier molecular flexibility index (Phi) is 4.21. The van der Waals surface area contributed by atoms with Crippen LogP contribution in [0.15, 0.2) is 28.7 Å². The van der Waals surface area contributed by atoms with E-state index in [0.717, 1.165) is 10.0 Å². The zero-order valence-electron chi connectivity index (χ0n) is 10.1. The van der Waals surface area contributed by atoms with E-state index in [1.807, 2.05) is 24.3 Å². The van der Waals surface area contributed by atoms with Gasteiger partial charge in [0.15, 0.2) is 0 Å². The molecule has 0 saturated heterocycles. The van der Waals surface area contributed by atoms with Gasteiger partial charge >= 0.3 is 0 Å². The zero-order chi connectivity index (χ0) is 12.3. The Bertz CT molecular complexity index is 382. The Morgan fingerprint density at radius 1 is 1.29 bits per heavy atom. The van der Waals surface area contributed by atoms with E-state index in [0.29, 0.717) is 5.92 Å². The summed E-state index contributed by atoms with van der Waals surface area (Å²) in [6.07, 6.45) is 5.12. The third-order valence-corrected chi connectivity index (χ3v) is 4.10. The van der Waals surface area contributed by atoms with Gasteiger partial charge in [0.2, 0.25) is 0 Å². The molecule has 1 aliphatic rings. The molecule has 2 nitrogen and oxygen atoms in total. The van der Waals surface area contributed by atoms with E-state index in [-0.39, 0.29) is 11.9 Å². The Labute approximate surface area is 111 Å². The number of hydrogen-bond donors (Lipinski definition) is 1. The molecule has 0 radical (unpaired) electrons. The van der Waals surface area contributed by atoms with Gasteiger partial charge in [-0.25, -0.2) is 0 Å². The minimum absolute atomic E-state index is 0.0388. The molecule has 1 atom stereocenters. The number of hydrogen-bond acceptors (Lipinski definition) is 1. The van der Waals surface area contributed by atoms with E-state index in [1.54, 1.807) is 0 Å². The highest BCUT2D eigenvalue weighted by Crippen LogP contribution is 2.27. The number of carbonyl (C=O) groups excluding carboxylic acids is 1. The number of rotatable bonds is 3. The van der Waals surface area contributed by atoms with Crippen LogP contribution >= 0.6 is 15.9 Å². The molecule has 1 N–H and O–H groups in total. The first-order valence-electron chi connectivity index (χ1n) is 6.23. The molecule has 1 amide bonds. The van der Waals surface area contributed by atoms with Crippen LogP contribution in [0.3, 0.4) is 0 Å². The number of amides is 1. The summed E-state index contributed by atoms with van der Waals surface area (Å²) in [6.45, 7) is 2.12. The standard InChI is InChI=1S/C14H18BrNO/c1-10(11-4-2-3-5-11)16-14(17)12-6-8-13(15)9-7-12/h6-11H,2-5H2,1H3,(H,16,17). The van der Waals surface area contributed by atoms with Crippen LogP contribution in [-0.2, 0) is 0 Å². The highest BCUT2D eigenvalue weighted by Gasteiger charge is 2.22. The molecular formula is C14H18BrNO. The van der Waals surface area contributed by atoms with Crippen molar-refractivity contribution in [3.63, 3.8) is 0 Å². The first kappa shape index (κ1) is 12.6. The van der Waals surface area contributed by atoms with Crippen LogP contribution < -0.4 is 5.32 Å². The molecule has 0 spiro atoms. The summed E-state index contributed by atoms with van der Waals surface area (Å²) in [4.78, 5) is 12.0. The molecule has 1 aromatic carbocycles. The maximum atomic E-state index is 12.0. The van der Waals surface area contributed by atoms with Crippen molar-refractivity contribution in [1.82, 2.24) is 5.32 Å². The van der Waals surface area contributed by atoms with Crippen LogP contribution in [0.25, 0.3) is 0 Å². The average Bonchev–Trinajstić information content (AvgIpc) is 2.83. The monoisotopic (exact) mass is 295 g/mol. The van der Waals surface area contributed by atoms with Gasteiger partial charge in [0.05, 0.1) is 0 Å². The third kappa shape index (κ3) is 3.32. The first-order chi connectivity index (χ1) is 8.16. The van der Waals surface area contributed by atoms with Gasteiger partial charge in [-0.1, -0.05) is 28.8 Å². The van der Waals surface area contributed by atoms with E-state index in [2.05, 4.69) is 28.2 Å². The molecule has 17 heavy (non-hydrogen) atoms. The van der Waals surface area contributed by atoms with Gasteiger partial charge in [-0.3, -0.25) is 4.79 Å². The smallest absolute Gasteiger partial charge is 0.251 e. The summed E-state index contributed by atoms with van der Waals surface area (Å²) < 4.78 is 0.998. The summed E-state index contributed by atoms with van der Waals surface area (Å²) in [5.74, 6) is 0.700. The SMILES string of the molecule is CC(NC(=O)c1ccc(Br)cc1)C1CCCC1. The maximum absolute atomic E-state index is 12.0. The number of carbonyl (C=O) groups is 1. The van der Waals surface area contributed by atoms with Gasteiger partial charge in [-0.15, -0.1) is 0 Å². The molecule has 1 unspecified atom stereocenters. The fraction of sp³-hybridized carbons (Fsp3) is 0.500. The molecular weight excluding hydrogens is 278 g/mol. The number of nitrogens with one attached hydrogen (secondary N) is 1. The van der Waals surface area contributed by atoms with E-state index in [9.17, 15) is 4.79 Å². The Morgan fingerprint density at radius 3 is 2.47 bits per heavy atom. The summed E-state index contributed by atoms with van der Waals surface area (Å²) >= 11 is 3.37. The maximum Gasteiger partial charge on any atom is 0.251 e. The van der Waals surface area contributed by atoms with Crippen molar-refractivity contribution >= 4 is 21.8 Å². The van der Waals surface area contributed by atoms with Crippen molar-refractivity contribution in [2.75, 3.05) is 0 Å². The van der Waals surface area contributed by atoms with Gasteiger partial charge in [0, 0.05) is 16.1 Å². The van der Waals surface area contributed by atoms with E-state index >= 15 is 0 Å². The largest absolute Gasteiger partial charge is 0.349 e. The molecule has 2 rings (SSSR count). The molecule has 3 heteroatoms. The van der Waals surface area contributed by atoms with Crippen LogP contribution in [0.1, 0.15) is 43.0 Å². The van der Waals surface area contributed by atoms with Gasteiger partial charge in [-0.05, 0) is 49.9 Å². The van der Waals surface area contributed by atoms with Crippen LogP contribution in [0.4, 0.5) is 0 Å². The second kappa shape index (κ2) is 5.67. The molecule has 1 aliphatic carbocycles. The first-order valence-corrected chi connectivity index (χ1v) is 7.02. The summed E-state index contributed by atoms with van der Waals surface area (Å²) in [6, 6.07) is 7.78. The number of halogens is 1. The summed E-state index contributed by atoms with van der Waals surface area (Å²) in [5.41, 5.74) is 0.734. The fourth-order valence-electron chi connectivity index (χ4n) is 2.47. The molecule has 0 aromatic heterocycles. The predicted octanol–water partition coefficient (Wildman–Crippen LogP) is 3.76. The fourth-order valence-corrected chi connectivity index (χ4v) is 2.73. The quantitative estimate of drug-likeness (QED) is 0.904. The second-order valence-electron chi connectivity index (χ2n) is 4.81. The predicted molar refractivity (Wildman–Crippen MR) is 73.0 cm³/mol. The van der Waals surface area contributed by atoms with Gasteiger partial charge in [0.1, 0.15) is 0 Å². The molecule has 1 saturated carbocycles. The second-order valence-corrected chi connectivity index (χ2v) is 5.73. The highest BCUT2D eigenvalue weighted by atomic mass is 79.9. The lowest BCUT2D eigenvalue weighted by molar-refractivity contribution is 0.0927. The molecule has 0 bridgehead atoms. The number of benzene rings is 1.